The Labute approximate surface area is 118 Å². The SMILES string of the molecule is COCc1c(C(=O)O)ccn1CCCc1ccccc1. The van der Waals surface area contributed by atoms with Crippen LogP contribution in [0.4, 0.5) is 0 Å². The molecule has 2 aromatic rings. The molecule has 1 N–H and O–H groups in total. The smallest absolute Gasteiger partial charge is 0.337 e. The van der Waals surface area contributed by atoms with E-state index in [1.54, 1.807) is 13.2 Å². The Hall–Kier alpha value is -2.07. The fourth-order valence-electron chi connectivity index (χ4n) is 2.31. The van der Waals surface area contributed by atoms with Crippen molar-refractivity contribution in [1.29, 1.82) is 0 Å². The van der Waals surface area contributed by atoms with Crippen LogP contribution in [0.1, 0.15) is 28.0 Å². The number of ether oxygens (including phenoxy) is 1. The first-order chi connectivity index (χ1) is 9.72. The highest BCUT2D eigenvalue weighted by molar-refractivity contribution is 5.89. The van der Waals surface area contributed by atoms with E-state index in [2.05, 4.69) is 12.1 Å². The number of benzene rings is 1. The van der Waals surface area contributed by atoms with Crippen LogP contribution in [-0.4, -0.2) is 22.8 Å². The first kappa shape index (κ1) is 14.3. The summed E-state index contributed by atoms with van der Waals surface area (Å²) in [7, 11) is 1.58. The van der Waals surface area contributed by atoms with Gasteiger partial charge in [-0.15, -0.1) is 0 Å². The Balaban J connectivity index is 2.00. The first-order valence-electron chi connectivity index (χ1n) is 6.66. The number of carboxylic acid groups (broad SMARTS) is 1. The van der Waals surface area contributed by atoms with Gasteiger partial charge in [0, 0.05) is 19.9 Å². The highest BCUT2D eigenvalue weighted by Crippen LogP contribution is 2.14. The van der Waals surface area contributed by atoms with Crippen LogP contribution in [0.15, 0.2) is 42.6 Å². The molecule has 1 heterocycles. The molecular weight excluding hydrogens is 254 g/mol. The number of hydrogen-bond donors (Lipinski definition) is 1. The molecule has 0 aliphatic heterocycles. The van der Waals surface area contributed by atoms with E-state index in [1.165, 1.54) is 5.56 Å². The zero-order chi connectivity index (χ0) is 14.4. The van der Waals surface area contributed by atoms with Gasteiger partial charge in [-0.05, 0) is 24.5 Å². The van der Waals surface area contributed by atoms with Gasteiger partial charge < -0.3 is 14.4 Å². The molecule has 0 radical (unpaired) electrons. The normalized spacial score (nSPS) is 10.7. The van der Waals surface area contributed by atoms with Crippen LogP contribution in [0.5, 0.6) is 0 Å². The molecule has 0 aliphatic carbocycles. The van der Waals surface area contributed by atoms with E-state index in [4.69, 9.17) is 9.84 Å². The van der Waals surface area contributed by atoms with Crippen molar-refractivity contribution in [3.05, 3.63) is 59.4 Å². The summed E-state index contributed by atoms with van der Waals surface area (Å²) in [6, 6.07) is 11.9. The summed E-state index contributed by atoms with van der Waals surface area (Å²) in [6.07, 6.45) is 3.77. The van der Waals surface area contributed by atoms with Crippen molar-refractivity contribution >= 4 is 5.97 Å². The number of hydrogen-bond acceptors (Lipinski definition) is 2. The fraction of sp³-hybridized carbons (Fsp3) is 0.312. The van der Waals surface area contributed by atoms with Crippen LogP contribution >= 0.6 is 0 Å². The second kappa shape index (κ2) is 6.91. The molecule has 4 nitrogen and oxygen atoms in total. The van der Waals surface area contributed by atoms with Gasteiger partial charge in [0.1, 0.15) is 0 Å². The summed E-state index contributed by atoms with van der Waals surface area (Å²) >= 11 is 0. The van der Waals surface area contributed by atoms with Gasteiger partial charge >= 0.3 is 5.97 Å². The zero-order valence-corrected chi connectivity index (χ0v) is 11.6. The van der Waals surface area contributed by atoms with Gasteiger partial charge in [0.05, 0.1) is 17.9 Å². The van der Waals surface area contributed by atoms with Crippen molar-refractivity contribution in [2.45, 2.75) is 26.0 Å². The van der Waals surface area contributed by atoms with E-state index >= 15 is 0 Å². The monoisotopic (exact) mass is 273 g/mol. The summed E-state index contributed by atoms with van der Waals surface area (Å²) in [4.78, 5) is 11.1. The lowest BCUT2D eigenvalue weighted by molar-refractivity contribution is 0.0691. The van der Waals surface area contributed by atoms with Gasteiger partial charge in [0.2, 0.25) is 0 Å². The third-order valence-corrected chi connectivity index (χ3v) is 3.30. The molecule has 0 unspecified atom stereocenters. The summed E-state index contributed by atoms with van der Waals surface area (Å²) < 4.78 is 7.07. The standard InChI is InChI=1S/C16H19NO3/c1-20-12-15-14(16(18)19)9-11-17(15)10-5-8-13-6-3-2-4-7-13/h2-4,6-7,9,11H,5,8,10,12H2,1H3,(H,18,19). The van der Waals surface area contributed by atoms with Crippen LogP contribution in [0.3, 0.4) is 0 Å². The minimum absolute atomic E-state index is 0.319. The lowest BCUT2D eigenvalue weighted by atomic mass is 10.1. The number of rotatable bonds is 7. The Morgan fingerprint density at radius 3 is 2.65 bits per heavy atom. The third-order valence-electron chi connectivity index (χ3n) is 3.30. The number of aryl methyl sites for hydroxylation is 2. The van der Waals surface area contributed by atoms with Gasteiger partial charge in [0.25, 0.3) is 0 Å². The van der Waals surface area contributed by atoms with Crippen LogP contribution in [0.2, 0.25) is 0 Å². The lowest BCUT2D eigenvalue weighted by Gasteiger charge is -2.09. The molecule has 0 atom stereocenters. The molecule has 1 aromatic carbocycles. The van der Waals surface area contributed by atoms with Gasteiger partial charge in [-0.25, -0.2) is 4.79 Å². The number of carbonyl (C=O) groups is 1. The molecule has 0 aliphatic rings. The minimum Gasteiger partial charge on any atom is -0.478 e. The van der Waals surface area contributed by atoms with Crippen molar-refractivity contribution in [2.75, 3.05) is 7.11 Å². The number of aromatic carboxylic acids is 1. The van der Waals surface area contributed by atoms with E-state index < -0.39 is 5.97 Å². The second-order valence-electron chi connectivity index (χ2n) is 4.70. The maximum Gasteiger partial charge on any atom is 0.337 e. The topological polar surface area (TPSA) is 51.5 Å². The van der Waals surface area contributed by atoms with Crippen LogP contribution in [0.25, 0.3) is 0 Å². The molecule has 0 saturated carbocycles. The Morgan fingerprint density at radius 1 is 1.25 bits per heavy atom. The predicted octanol–water partition coefficient (Wildman–Crippen LogP) is 2.97. The van der Waals surface area contributed by atoms with E-state index in [9.17, 15) is 4.79 Å². The Morgan fingerprint density at radius 2 is 2.00 bits per heavy atom. The molecule has 0 spiro atoms. The Bertz CT molecular complexity index is 560. The molecule has 2 rings (SSSR count). The van der Waals surface area contributed by atoms with Crippen LogP contribution < -0.4 is 0 Å². The number of carboxylic acids is 1. The Kier molecular flexibility index (Phi) is 4.96. The lowest BCUT2D eigenvalue weighted by Crippen LogP contribution is -2.08. The maximum atomic E-state index is 11.1. The summed E-state index contributed by atoms with van der Waals surface area (Å²) in [5.74, 6) is -0.904. The molecule has 0 amide bonds. The highest BCUT2D eigenvalue weighted by Gasteiger charge is 2.14. The number of methoxy groups -OCH3 is 1. The van der Waals surface area contributed by atoms with Gasteiger partial charge in [0.15, 0.2) is 0 Å². The predicted molar refractivity (Wildman–Crippen MR) is 76.9 cm³/mol. The number of aromatic nitrogens is 1. The summed E-state index contributed by atoms with van der Waals surface area (Å²) in [6.45, 7) is 1.11. The van der Waals surface area contributed by atoms with E-state index in [1.807, 2.05) is 29.0 Å². The third kappa shape index (κ3) is 3.48. The average molecular weight is 273 g/mol. The molecule has 1 aromatic heterocycles. The minimum atomic E-state index is -0.904. The highest BCUT2D eigenvalue weighted by atomic mass is 16.5. The van der Waals surface area contributed by atoms with Crippen LogP contribution in [0, 0.1) is 0 Å². The van der Waals surface area contributed by atoms with Crippen molar-refractivity contribution in [3.8, 4) is 0 Å². The molecule has 0 fully saturated rings. The second-order valence-corrected chi connectivity index (χ2v) is 4.70. The molecular formula is C16H19NO3. The quantitative estimate of drug-likeness (QED) is 0.843. The molecule has 4 heteroatoms. The molecule has 106 valence electrons. The molecule has 0 bridgehead atoms. The van der Waals surface area contributed by atoms with Crippen molar-refractivity contribution in [2.24, 2.45) is 0 Å². The van der Waals surface area contributed by atoms with Crippen LogP contribution in [-0.2, 0) is 24.3 Å². The van der Waals surface area contributed by atoms with Gasteiger partial charge in [-0.1, -0.05) is 30.3 Å². The van der Waals surface area contributed by atoms with E-state index in [0.29, 0.717) is 12.2 Å². The van der Waals surface area contributed by atoms with Gasteiger partial charge in [-0.3, -0.25) is 0 Å². The first-order valence-corrected chi connectivity index (χ1v) is 6.66. The summed E-state index contributed by atoms with van der Waals surface area (Å²) in [5.41, 5.74) is 2.35. The average Bonchev–Trinajstić information content (AvgIpc) is 2.84. The fourth-order valence-corrected chi connectivity index (χ4v) is 2.31. The molecule has 0 saturated heterocycles. The van der Waals surface area contributed by atoms with Crippen molar-refractivity contribution in [1.82, 2.24) is 4.57 Å². The summed E-state index contributed by atoms with van der Waals surface area (Å²) in [5, 5.41) is 9.14. The van der Waals surface area contributed by atoms with E-state index in [0.717, 1.165) is 25.1 Å². The molecule has 20 heavy (non-hydrogen) atoms. The maximum absolute atomic E-state index is 11.1. The van der Waals surface area contributed by atoms with Crippen molar-refractivity contribution < 1.29 is 14.6 Å². The largest absolute Gasteiger partial charge is 0.478 e. The number of nitrogens with zero attached hydrogens (tertiary/aromatic N) is 1. The zero-order valence-electron chi connectivity index (χ0n) is 11.6. The van der Waals surface area contributed by atoms with E-state index in [-0.39, 0.29) is 0 Å². The van der Waals surface area contributed by atoms with Gasteiger partial charge in [-0.2, -0.15) is 0 Å². The van der Waals surface area contributed by atoms with Crippen molar-refractivity contribution in [3.63, 3.8) is 0 Å².